The van der Waals surface area contributed by atoms with Crippen molar-refractivity contribution in [3.8, 4) is 0 Å². The number of aryl methyl sites for hydroxylation is 2. The SMILES string of the molecule is O=C(NCc1ccccc1C[NH+]1CCOCC1)c1cc2c(s1)CCC2. The molecule has 2 N–H and O–H groups in total. The van der Waals surface area contributed by atoms with E-state index in [1.165, 1.54) is 28.0 Å². The lowest BCUT2D eigenvalue weighted by atomic mass is 10.1. The fourth-order valence-corrected chi connectivity index (χ4v) is 4.88. The lowest BCUT2D eigenvalue weighted by Crippen LogP contribution is -3.12. The lowest BCUT2D eigenvalue weighted by Gasteiger charge is -2.24. The zero-order chi connectivity index (χ0) is 17.1. The van der Waals surface area contributed by atoms with Crippen molar-refractivity contribution in [3.63, 3.8) is 0 Å². The molecule has 25 heavy (non-hydrogen) atoms. The van der Waals surface area contributed by atoms with Gasteiger partial charge in [0.2, 0.25) is 0 Å². The average Bonchev–Trinajstić information content (AvgIpc) is 3.24. The van der Waals surface area contributed by atoms with Gasteiger partial charge in [-0.2, -0.15) is 0 Å². The fraction of sp³-hybridized carbons (Fsp3) is 0.450. The summed E-state index contributed by atoms with van der Waals surface area (Å²) in [5.41, 5.74) is 3.93. The second-order valence-electron chi connectivity index (χ2n) is 6.90. The third kappa shape index (κ3) is 3.94. The first-order chi connectivity index (χ1) is 12.3. The summed E-state index contributed by atoms with van der Waals surface area (Å²) in [6, 6.07) is 10.5. The molecule has 0 unspecified atom stereocenters. The van der Waals surface area contributed by atoms with Gasteiger partial charge in [0.25, 0.3) is 5.91 Å². The Hall–Kier alpha value is -1.69. The highest BCUT2D eigenvalue weighted by Crippen LogP contribution is 2.30. The van der Waals surface area contributed by atoms with Crippen LogP contribution < -0.4 is 10.2 Å². The Balaban J connectivity index is 1.39. The highest BCUT2D eigenvalue weighted by molar-refractivity contribution is 7.14. The van der Waals surface area contributed by atoms with Crippen LogP contribution in [0.5, 0.6) is 0 Å². The third-order valence-electron chi connectivity index (χ3n) is 5.17. The quantitative estimate of drug-likeness (QED) is 0.853. The van der Waals surface area contributed by atoms with E-state index in [1.54, 1.807) is 16.2 Å². The van der Waals surface area contributed by atoms with Crippen molar-refractivity contribution in [1.82, 2.24) is 5.32 Å². The van der Waals surface area contributed by atoms with Crippen molar-refractivity contribution < 1.29 is 14.4 Å². The molecule has 2 aromatic rings. The standard InChI is InChI=1S/C20H24N2O2S/c23-20(19-12-15-6-3-7-18(15)25-19)21-13-16-4-1-2-5-17(16)14-22-8-10-24-11-9-22/h1-2,4-5,12H,3,6-11,13-14H2,(H,21,23)/p+1. The van der Waals surface area contributed by atoms with Crippen LogP contribution in [0.4, 0.5) is 0 Å². The van der Waals surface area contributed by atoms with Crippen molar-refractivity contribution in [2.24, 2.45) is 0 Å². The molecule has 0 saturated carbocycles. The van der Waals surface area contributed by atoms with Crippen LogP contribution in [0.25, 0.3) is 0 Å². The topological polar surface area (TPSA) is 42.8 Å². The number of carbonyl (C=O) groups is 1. The fourth-order valence-electron chi connectivity index (χ4n) is 3.71. The third-order valence-corrected chi connectivity index (χ3v) is 6.40. The van der Waals surface area contributed by atoms with Gasteiger partial charge in [-0.1, -0.05) is 24.3 Å². The van der Waals surface area contributed by atoms with E-state index in [4.69, 9.17) is 4.74 Å². The number of hydrogen-bond donors (Lipinski definition) is 2. The van der Waals surface area contributed by atoms with Crippen LogP contribution in [-0.4, -0.2) is 32.2 Å². The number of carbonyl (C=O) groups excluding carboxylic acids is 1. The molecular weight excluding hydrogens is 332 g/mol. The number of amides is 1. The number of ether oxygens (including phenoxy) is 1. The molecule has 2 heterocycles. The molecule has 132 valence electrons. The first-order valence-electron chi connectivity index (χ1n) is 9.17. The number of quaternary nitrogens is 1. The van der Waals surface area contributed by atoms with E-state index < -0.39 is 0 Å². The van der Waals surface area contributed by atoms with Gasteiger partial charge in [0.05, 0.1) is 18.1 Å². The normalized spacial score (nSPS) is 17.4. The molecule has 4 rings (SSSR count). The number of hydrogen-bond acceptors (Lipinski definition) is 3. The maximum atomic E-state index is 12.5. The van der Waals surface area contributed by atoms with Gasteiger partial charge in [0.1, 0.15) is 19.6 Å². The van der Waals surface area contributed by atoms with Gasteiger partial charge in [-0.25, -0.2) is 0 Å². The van der Waals surface area contributed by atoms with Crippen molar-refractivity contribution in [1.29, 1.82) is 0 Å². The van der Waals surface area contributed by atoms with Gasteiger partial charge in [-0.15, -0.1) is 11.3 Å². The molecule has 2 aliphatic rings. The van der Waals surface area contributed by atoms with Crippen LogP contribution in [0.15, 0.2) is 30.3 Å². The zero-order valence-corrected chi connectivity index (χ0v) is 15.3. The van der Waals surface area contributed by atoms with Crippen LogP contribution in [0.2, 0.25) is 0 Å². The summed E-state index contributed by atoms with van der Waals surface area (Å²) in [6.45, 7) is 5.40. The second kappa shape index (κ2) is 7.68. The Kier molecular flexibility index (Phi) is 5.15. The van der Waals surface area contributed by atoms with Crippen LogP contribution in [0, 0.1) is 0 Å². The summed E-state index contributed by atoms with van der Waals surface area (Å²) >= 11 is 1.67. The van der Waals surface area contributed by atoms with E-state index in [1.807, 2.05) is 0 Å². The Morgan fingerprint density at radius 1 is 1.16 bits per heavy atom. The van der Waals surface area contributed by atoms with Crippen LogP contribution in [-0.2, 0) is 30.7 Å². The molecule has 1 saturated heterocycles. The van der Waals surface area contributed by atoms with E-state index in [2.05, 4.69) is 35.6 Å². The minimum absolute atomic E-state index is 0.0629. The number of fused-ring (bicyclic) bond motifs is 1. The van der Waals surface area contributed by atoms with E-state index >= 15 is 0 Å². The molecule has 1 aliphatic heterocycles. The first kappa shape index (κ1) is 16.8. The molecule has 0 spiro atoms. The van der Waals surface area contributed by atoms with E-state index in [0.717, 1.165) is 50.6 Å². The van der Waals surface area contributed by atoms with Crippen molar-refractivity contribution in [3.05, 3.63) is 56.8 Å². The van der Waals surface area contributed by atoms with Crippen LogP contribution >= 0.6 is 11.3 Å². The van der Waals surface area contributed by atoms with Gasteiger partial charge < -0.3 is 15.0 Å². The first-order valence-corrected chi connectivity index (χ1v) is 9.99. The van der Waals surface area contributed by atoms with Gasteiger partial charge >= 0.3 is 0 Å². The molecule has 1 aromatic heterocycles. The molecule has 4 nitrogen and oxygen atoms in total. The van der Waals surface area contributed by atoms with E-state index in [0.29, 0.717) is 6.54 Å². The second-order valence-corrected chi connectivity index (χ2v) is 8.04. The number of benzene rings is 1. The predicted octanol–water partition coefficient (Wildman–Crippen LogP) is 1.58. The molecular formula is C20H25N2O2S+. The number of nitrogens with one attached hydrogen (secondary N) is 2. The maximum Gasteiger partial charge on any atom is 0.261 e. The summed E-state index contributed by atoms with van der Waals surface area (Å²) in [5, 5.41) is 3.12. The molecule has 0 atom stereocenters. The number of rotatable bonds is 5. The average molecular weight is 357 g/mol. The molecule has 1 amide bonds. The van der Waals surface area contributed by atoms with Crippen LogP contribution in [0.3, 0.4) is 0 Å². The minimum atomic E-state index is 0.0629. The van der Waals surface area contributed by atoms with Gasteiger partial charge in [-0.05, 0) is 36.5 Å². The number of morpholine rings is 1. The Morgan fingerprint density at radius 3 is 2.76 bits per heavy atom. The molecule has 0 bridgehead atoms. The largest absolute Gasteiger partial charge is 0.370 e. The maximum absolute atomic E-state index is 12.5. The van der Waals surface area contributed by atoms with Gasteiger partial charge in [-0.3, -0.25) is 4.79 Å². The van der Waals surface area contributed by atoms with Crippen molar-refractivity contribution in [2.45, 2.75) is 32.4 Å². The van der Waals surface area contributed by atoms with Gasteiger partial charge in [0, 0.05) is 17.0 Å². The van der Waals surface area contributed by atoms with Crippen molar-refractivity contribution in [2.75, 3.05) is 26.3 Å². The highest BCUT2D eigenvalue weighted by Gasteiger charge is 2.19. The molecule has 1 fully saturated rings. The Bertz CT molecular complexity index is 728. The highest BCUT2D eigenvalue weighted by atomic mass is 32.1. The summed E-state index contributed by atoms with van der Waals surface area (Å²) < 4.78 is 5.44. The van der Waals surface area contributed by atoms with E-state index in [9.17, 15) is 4.79 Å². The summed E-state index contributed by atoms with van der Waals surface area (Å²) in [6.07, 6.45) is 3.50. The Labute approximate surface area is 152 Å². The monoisotopic (exact) mass is 357 g/mol. The molecule has 1 aliphatic carbocycles. The van der Waals surface area contributed by atoms with Gasteiger partial charge in [0.15, 0.2) is 0 Å². The summed E-state index contributed by atoms with van der Waals surface area (Å²) in [7, 11) is 0. The Morgan fingerprint density at radius 2 is 1.96 bits per heavy atom. The smallest absolute Gasteiger partial charge is 0.261 e. The summed E-state index contributed by atoms with van der Waals surface area (Å²) in [5.74, 6) is 0.0629. The number of thiophene rings is 1. The van der Waals surface area contributed by atoms with Crippen LogP contribution in [0.1, 0.15) is 37.7 Å². The predicted molar refractivity (Wildman–Crippen MR) is 99.2 cm³/mol. The van der Waals surface area contributed by atoms with E-state index in [-0.39, 0.29) is 5.91 Å². The molecule has 5 heteroatoms. The lowest BCUT2D eigenvalue weighted by molar-refractivity contribution is -0.921. The zero-order valence-electron chi connectivity index (χ0n) is 14.5. The molecule has 0 radical (unpaired) electrons. The van der Waals surface area contributed by atoms with Crippen molar-refractivity contribution >= 4 is 17.2 Å². The minimum Gasteiger partial charge on any atom is -0.370 e. The molecule has 1 aromatic carbocycles. The summed E-state index contributed by atoms with van der Waals surface area (Å²) in [4.78, 5) is 16.3.